The molecule has 0 unspecified atom stereocenters. The van der Waals surface area contributed by atoms with Gasteiger partial charge < -0.3 is 4.57 Å². The van der Waals surface area contributed by atoms with E-state index in [1.54, 1.807) is 0 Å². The van der Waals surface area contributed by atoms with Gasteiger partial charge in [-0.2, -0.15) is 0 Å². The summed E-state index contributed by atoms with van der Waals surface area (Å²) < 4.78 is 5.14. The Balaban J connectivity index is 1.51. The fourth-order valence-electron chi connectivity index (χ4n) is 5.79. The van der Waals surface area contributed by atoms with Crippen LogP contribution in [0.15, 0.2) is 127 Å². The highest BCUT2D eigenvalue weighted by Gasteiger charge is 2.17. The molecule has 0 atom stereocenters. The number of nitrogens with zero attached hydrogens (tertiary/aromatic N) is 1. The Labute approximate surface area is 212 Å². The first-order valence-electron chi connectivity index (χ1n) is 12.3. The van der Waals surface area contributed by atoms with E-state index in [2.05, 4.69) is 132 Å². The SMILES string of the molecule is c1ccc(-c2ccc(-n3c4ccccc4c4cc5c(cc43)sc3ccccc35)c3ccccc23)cc1. The lowest BCUT2D eigenvalue weighted by atomic mass is 9.97. The maximum atomic E-state index is 2.46. The molecule has 0 aliphatic heterocycles. The summed E-state index contributed by atoms with van der Waals surface area (Å²) in [5, 5.41) is 7.82. The molecule has 0 aliphatic carbocycles. The van der Waals surface area contributed by atoms with Gasteiger partial charge in [-0.1, -0.05) is 97.1 Å². The molecule has 8 rings (SSSR count). The zero-order valence-electron chi connectivity index (χ0n) is 19.5. The largest absolute Gasteiger partial charge is 0.309 e. The molecule has 6 aromatic carbocycles. The molecule has 168 valence electrons. The summed E-state index contributed by atoms with van der Waals surface area (Å²) in [5.74, 6) is 0. The van der Waals surface area contributed by atoms with Crippen molar-refractivity contribution < 1.29 is 0 Å². The first kappa shape index (κ1) is 19.9. The molecule has 36 heavy (non-hydrogen) atoms. The first-order valence-corrected chi connectivity index (χ1v) is 13.1. The Morgan fingerprint density at radius 2 is 1.11 bits per heavy atom. The molecular weight excluding hydrogens is 454 g/mol. The number of hydrogen-bond donors (Lipinski definition) is 0. The molecule has 0 aliphatic rings. The topological polar surface area (TPSA) is 4.93 Å². The number of fused-ring (bicyclic) bond motifs is 7. The Morgan fingerprint density at radius 1 is 0.417 bits per heavy atom. The number of benzene rings is 6. The minimum Gasteiger partial charge on any atom is -0.309 e. The maximum Gasteiger partial charge on any atom is 0.0555 e. The third-order valence-electron chi connectivity index (χ3n) is 7.40. The second-order valence-corrected chi connectivity index (χ2v) is 10.4. The van der Waals surface area contributed by atoms with E-state index in [1.165, 1.54) is 69.6 Å². The molecule has 2 heterocycles. The summed E-state index contributed by atoms with van der Waals surface area (Å²) >= 11 is 1.88. The summed E-state index contributed by atoms with van der Waals surface area (Å²) in [4.78, 5) is 0. The van der Waals surface area contributed by atoms with Gasteiger partial charge in [0.2, 0.25) is 0 Å². The molecule has 0 saturated heterocycles. The van der Waals surface area contributed by atoms with Crippen molar-refractivity contribution in [2.24, 2.45) is 0 Å². The van der Waals surface area contributed by atoms with Crippen molar-refractivity contribution >= 4 is 64.1 Å². The van der Waals surface area contributed by atoms with Crippen LogP contribution in [0.4, 0.5) is 0 Å². The van der Waals surface area contributed by atoms with Crippen LogP contribution >= 0.6 is 11.3 Å². The molecule has 0 radical (unpaired) electrons. The van der Waals surface area contributed by atoms with Crippen molar-refractivity contribution in [3.8, 4) is 16.8 Å². The van der Waals surface area contributed by atoms with E-state index in [9.17, 15) is 0 Å². The zero-order chi connectivity index (χ0) is 23.6. The second kappa shape index (κ2) is 7.55. The Kier molecular flexibility index (Phi) is 4.16. The van der Waals surface area contributed by atoms with Gasteiger partial charge in [-0.15, -0.1) is 11.3 Å². The molecule has 0 saturated carbocycles. The Morgan fingerprint density at radius 3 is 1.97 bits per heavy atom. The lowest BCUT2D eigenvalue weighted by Gasteiger charge is -2.15. The highest BCUT2D eigenvalue weighted by atomic mass is 32.1. The highest BCUT2D eigenvalue weighted by molar-refractivity contribution is 7.25. The summed E-state index contributed by atoms with van der Waals surface area (Å²) in [6, 6.07) is 46.4. The van der Waals surface area contributed by atoms with Crippen molar-refractivity contribution in [3.05, 3.63) is 127 Å². The fraction of sp³-hybridized carbons (Fsp3) is 0. The summed E-state index contributed by atoms with van der Waals surface area (Å²) in [5.41, 5.74) is 6.23. The van der Waals surface area contributed by atoms with Gasteiger partial charge in [0, 0.05) is 36.3 Å². The zero-order valence-corrected chi connectivity index (χ0v) is 20.3. The van der Waals surface area contributed by atoms with Crippen LogP contribution in [0.25, 0.3) is 69.6 Å². The standard InChI is InChI=1S/C34H21NS/c1-2-10-22(11-3-1)23-18-19-31(25-13-5-4-12-24(23)25)35-30-16-8-6-14-26(30)28-20-29-27-15-7-9-17-33(27)36-34(29)21-32(28)35/h1-21H. The van der Waals surface area contributed by atoms with Gasteiger partial charge in [-0.25, -0.2) is 0 Å². The van der Waals surface area contributed by atoms with Crippen LogP contribution in [-0.4, -0.2) is 4.57 Å². The molecule has 2 aromatic heterocycles. The van der Waals surface area contributed by atoms with Crippen LogP contribution < -0.4 is 0 Å². The summed E-state index contributed by atoms with van der Waals surface area (Å²) in [7, 11) is 0. The maximum absolute atomic E-state index is 2.46. The number of aromatic nitrogens is 1. The van der Waals surface area contributed by atoms with Crippen LogP contribution in [-0.2, 0) is 0 Å². The van der Waals surface area contributed by atoms with Gasteiger partial charge in [-0.3, -0.25) is 0 Å². The van der Waals surface area contributed by atoms with Crippen molar-refractivity contribution in [2.45, 2.75) is 0 Å². The van der Waals surface area contributed by atoms with E-state index < -0.39 is 0 Å². The Hall–Kier alpha value is -4.40. The summed E-state index contributed by atoms with van der Waals surface area (Å²) in [6.45, 7) is 0. The number of thiophene rings is 1. The molecule has 0 amide bonds. The second-order valence-electron chi connectivity index (χ2n) is 9.36. The van der Waals surface area contributed by atoms with E-state index >= 15 is 0 Å². The average Bonchev–Trinajstić information content (AvgIpc) is 3.46. The van der Waals surface area contributed by atoms with Gasteiger partial charge in [0.25, 0.3) is 0 Å². The van der Waals surface area contributed by atoms with E-state index in [0.717, 1.165) is 0 Å². The van der Waals surface area contributed by atoms with Crippen LogP contribution in [0.1, 0.15) is 0 Å². The predicted molar refractivity (Wildman–Crippen MR) is 157 cm³/mol. The lowest BCUT2D eigenvalue weighted by molar-refractivity contribution is 1.20. The van der Waals surface area contributed by atoms with Crippen LogP contribution in [0.5, 0.6) is 0 Å². The highest BCUT2D eigenvalue weighted by Crippen LogP contribution is 2.42. The van der Waals surface area contributed by atoms with Crippen molar-refractivity contribution in [2.75, 3.05) is 0 Å². The number of para-hydroxylation sites is 1. The Bertz CT molecular complexity index is 2090. The molecule has 0 fully saturated rings. The van der Waals surface area contributed by atoms with E-state index in [0.29, 0.717) is 0 Å². The monoisotopic (exact) mass is 475 g/mol. The third-order valence-corrected chi connectivity index (χ3v) is 8.53. The predicted octanol–water partition coefficient (Wildman–Crippen LogP) is 9.97. The molecule has 0 spiro atoms. The molecule has 2 heteroatoms. The molecule has 8 aromatic rings. The van der Waals surface area contributed by atoms with Crippen molar-refractivity contribution in [3.63, 3.8) is 0 Å². The van der Waals surface area contributed by atoms with Crippen LogP contribution in [0, 0.1) is 0 Å². The minimum atomic E-state index is 1.22. The quantitative estimate of drug-likeness (QED) is 0.234. The smallest absolute Gasteiger partial charge is 0.0555 e. The van der Waals surface area contributed by atoms with E-state index in [4.69, 9.17) is 0 Å². The van der Waals surface area contributed by atoms with E-state index in [1.807, 2.05) is 11.3 Å². The van der Waals surface area contributed by atoms with Crippen molar-refractivity contribution in [1.82, 2.24) is 4.57 Å². The number of rotatable bonds is 2. The molecule has 0 N–H and O–H groups in total. The van der Waals surface area contributed by atoms with Crippen LogP contribution in [0.2, 0.25) is 0 Å². The van der Waals surface area contributed by atoms with Gasteiger partial charge in [0.15, 0.2) is 0 Å². The molecular formula is C34H21NS. The number of hydrogen-bond acceptors (Lipinski definition) is 1. The third kappa shape index (κ3) is 2.76. The average molecular weight is 476 g/mol. The van der Waals surface area contributed by atoms with Gasteiger partial charge in [0.05, 0.1) is 16.7 Å². The molecule has 0 bridgehead atoms. The molecule has 1 nitrogen and oxygen atoms in total. The normalized spacial score (nSPS) is 11.9. The van der Waals surface area contributed by atoms with Crippen LogP contribution in [0.3, 0.4) is 0 Å². The lowest BCUT2D eigenvalue weighted by Crippen LogP contribution is -1.96. The van der Waals surface area contributed by atoms with Gasteiger partial charge >= 0.3 is 0 Å². The van der Waals surface area contributed by atoms with E-state index in [-0.39, 0.29) is 0 Å². The van der Waals surface area contributed by atoms with Gasteiger partial charge in [0.1, 0.15) is 0 Å². The van der Waals surface area contributed by atoms with Crippen molar-refractivity contribution in [1.29, 1.82) is 0 Å². The first-order chi connectivity index (χ1) is 17.9. The fourth-order valence-corrected chi connectivity index (χ4v) is 6.92. The van der Waals surface area contributed by atoms with Gasteiger partial charge in [-0.05, 0) is 46.8 Å². The summed E-state index contributed by atoms with van der Waals surface area (Å²) in [6.07, 6.45) is 0. The minimum absolute atomic E-state index is 1.22.